The quantitative estimate of drug-likeness (QED) is 0.255. The Morgan fingerprint density at radius 3 is 2.27 bits per heavy atom. The molecule has 0 bridgehead atoms. The molecule has 14 heteroatoms. The molecule has 2 rings (SSSR count). The number of aliphatic hydroxyl groups excluding tert-OH is 3. The highest BCUT2D eigenvalue weighted by molar-refractivity contribution is 7.45. The largest absolute Gasteiger partial charge is 0.466 e. The van der Waals surface area contributed by atoms with E-state index in [1.165, 1.54) is 0 Å². The van der Waals surface area contributed by atoms with E-state index in [9.17, 15) is 15.0 Å². The minimum absolute atomic E-state index is 0.196. The van der Waals surface area contributed by atoms with Gasteiger partial charge in [0.1, 0.15) is 24.6 Å². The van der Waals surface area contributed by atoms with Gasteiger partial charge in [0.15, 0.2) is 6.23 Å². The third-order valence-electron chi connectivity index (χ3n) is 2.54. The molecule has 1 aliphatic rings. The third kappa shape index (κ3) is 5.08. The van der Waals surface area contributed by atoms with Gasteiger partial charge in [0.05, 0.1) is 6.61 Å². The van der Waals surface area contributed by atoms with E-state index in [2.05, 4.69) is 9.97 Å². The Bertz CT molecular complexity index is 595. The van der Waals surface area contributed by atoms with Crippen molar-refractivity contribution in [3.8, 4) is 0 Å². The number of aliphatic hydroxyl groups is 3. The average molecular weight is 342 g/mol. The lowest BCUT2D eigenvalue weighted by molar-refractivity contribution is -0.0554. The molecular formula is C8H15N4O9P. The van der Waals surface area contributed by atoms with Gasteiger partial charge in [0, 0.05) is 0 Å². The number of nitrogen functional groups attached to an aromatic ring is 1. The van der Waals surface area contributed by atoms with E-state index in [0.29, 0.717) is 0 Å². The van der Waals surface area contributed by atoms with Crippen molar-refractivity contribution in [3.63, 3.8) is 0 Å². The van der Waals surface area contributed by atoms with Crippen molar-refractivity contribution in [3.05, 3.63) is 16.8 Å². The number of rotatable bonds is 2. The van der Waals surface area contributed by atoms with Gasteiger partial charge in [0.2, 0.25) is 5.95 Å². The highest BCUT2D eigenvalue weighted by Crippen LogP contribution is 2.27. The molecule has 0 aliphatic carbocycles. The molecule has 22 heavy (non-hydrogen) atoms. The van der Waals surface area contributed by atoms with Gasteiger partial charge in [-0.05, 0) is 0 Å². The molecule has 0 spiro atoms. The van der Waals surface area contributed by atoms with Crippen LogP contribution in [0, 0.1) is 0 Å². The summed E-state index contributed by atoms with van der Waals surface area (Å²) in [6.45, 7) is -0.473. The van der Waals surface area contributed by atoms with Crippen LogP contribution in [0.2, 0.25) is 0 Å². The van der Waals surface area contributed by atoms with Crippen LogP contribution in [0.1, 0.15) is 6.23 Å². The molecule has 2 heterocycles. The fourth-order valence-electron chi connectivity index (χ4n) is 1.64. The van der Waals surface area contributed by atoms with Crippen LogP contribution in [0.5, 0.6) is 0 Å². The second-order valence-corrected chi connectivity index (χ2v) is 5.17. The molecule has 1 fully saturated rings. The number of hydrogen-bond donors (Lipinski definition) is 7. The van der Waals surface area contributed by atoms with Crippen LogP contribution >= 0.6 is 7.82 Å². The van der Waals surface area contributed by atoms with Crippen molar-refractivity contribution in [2.75, 3.05) is 12.3 Å². The molecule has 4 atom stereocenters. The molecule has 1 aromatic heterocycles. The molecule has 126 valence electrons. The van der Waals surface area contributed by atoms with Crippen molar-refractivity contribution in [2.24, 2.45) is 0 Å². The standard InChI is InChI=1S/C8H12N4O5.H3O4P/c9-7-10-2-12(8(16)11-7)6-5(15)4(14)3(1-13)17-6;1-5(2,3)4/h2-6,13-15H,1H2,(H2,9,11,16);(H3,1,2,3,4)/t3-,4-,5-,6-;/m1./s1. The van der Waals surface area contributed by atoms with Gasteiger partial charge in [-0.3, -0.25) is 4.57 Å². The minimum Gasteiger partial charge on any atom is -0.394 e. The van der Waals surface area contributed by atoms with Gasteiger partial charge in [0.25, 0.3) is 0 Å². The molecule has 0 amide bonds. The summed E-state index contributed by atoms with van der Waals surface area (Å²) < 4.78 is 14.9. The lowest BCUT2D eigenvalue weighted by atomic mass is 10.1. The first-order valence-corrected chi connectivity index (χ1v) is 7.22. The molecule has 0 saturated carbocycles. The fourth-order valence-corrected chi connectivity index (χ4v) is 1.64. The summed E-state index contributed by atoms with van der Waals surface area (Å²) in [5.41, 5.74) is 4.46. The summed E-state index contributed by atoms with van der Waals surface area (Å²) in [5.74, 6) is -0.196. The molecule has 8 N–H and O–H groups in total. The average Bonchev–Trinajstić information content (AvgIpc) is 2.64. The summed E-state index contributed by atoms with van der Waals surface area (Å²) in [7, 11) is -4.64. The zero-order chi connectivity index (χ0) is 17.1. The normalized spacial score (nSPS) is 28.1. The summed E-state index contributed by atoms with van der Waals surface area (Å²) in [5, 5.41) is 28.1. The molecular weight excluding hydrogens is 327 g/mol. The monoisotopic (exact) mass is 342 g/mol. The van der Waals surface area contributed by atoms with E-state index in [1.54, 1.807) is 0 Å². The van der Waals surface area contributed by atoms with Crippen molar-refractivity contribution < 1.29 is 39.3 Å². The highest BCUT2D eigenvalue weighted by atomic mass is 31.2. The molecule has 0 radical (unpaired) electrons. The predicted octanol–water partition coefficient (Wildman–Crippen LogP) is -4.10. The van der Waals surface area contributed by atoms with E-state index >= 15 is 0 Å². The second-order valence-electron chi connectivity index (χ2n) is 4.15. The summed E-state index contributed by atoms with van der Waals surface area (Å²) in [6.07, 6.45) is -3.67. The van der Waals surface area contributed by atoms with Gasteiger partial charge >= 0.3 is 13.5 Å². The van der Waals surface area contributed by atoms with Crippen LogP contribution in [0.15, 0.2) is 11.1 Å². The summed E-state index contributed by atoms with van der Waals surface area (Å²) in [6, 6.07) is 0. The first-order chi connectivity index (χ1) is 10.0. The van der Waals surface area contributed by atoms with Gasteiger partial charge in [-0.25, -0.2) is 14.3 Å². The molecule has 1 aromatic rings. The summed E-state index contributed by atoms with van der Waals surface area (Å²) in [4.78, 5) is 40.0. The molecule has 13 nitrogen and oxygen atoms in total. The Morgan fingerprint density at radius 2 is 1.86 bits per heavy atom. The third-order valence-corrected chi connectivity index (χ3v) is 2.54. The van der Waals surface area contributed by atoms with Crippen LogP contribution in [-0.2, 0) is 9.30 Å². The Labute approximate surface area is 122 Å². The topological polar surface area (TPSA) is 221 Å². The van der Waals surface area contributed by atoms with Crippen LogP contribution in [0.4, 0.5) is 5.95 Å². The number of ether oxygens (including phenoxy) is 1. The number of aromatic nitrogens is 3. The van der Waals surface area contributed by atoms with Crippen molar-refractivity contribution in [1.29, 1.82) is 0 Å². The van der Waals surface area contributed by atoms with E-state index < -0.39 is 44.7 Å². The van der Waals surface area contributed by atoms with Crippen molar-refractivity contribution >= 4 is 13.8 Å². The number of anilines is 1. The van der Waals surface area contributed by atoms with Crippen molar-refractivity contribution in [2.45, 2.75) is 24.5 Å². The lowest BCUT2D eigenvalue weighted by Crippen LogP contribution is -2.36. The first-order valence-electron chi connectivity index (χ1n) is 5.66. The second kappa shape index (κ2) is 7.21. The van der Waals surface area contributed by atoms with Crippen LogP contribution in [-0.4, -0.2) is 69.5 Å². The van der Waals surface area contributed by atoms with Crippen LogP contribution in [0.25, 0.3) is 0 Å². The van der Waals surface area contributed by atoms with Crippen LogP contribution in [0.3, 0.4) is 0 Å². The SMILES string of the molecule is Nc1ncn([C@@H]2O[C@H](CO)[C@@H](O)[C@H]2O)c(=O)n1.O=P(O)(O)O. The summed E-state index contributed by atoms with van der Waals surface area (Å²) >= 11 is 0. The zero-order valence-electron chi connectivity index (χ0n) is 10.9. The van der Waals surface area contributed by atoms with Gasteiger partial charge in [-0.15, -0.1) is 0 Å². The maximum absolute atomic E-state index is 11.5. The Balaban J connectivity index is 0.000000422. The fraction of sp³-hybridized carbons (Fsp3) is 0.625. The maximum atomic E-state index is 11.5. The van der Waals surface area contributed by atoms with E-state index in [0.717, 1.165) is 10.9 Å². The molecule has 1 saturated heterocycles. The number of nitrogens with zero attached hydrogens (tertiary/aromatic N) is 3. The number of hydrogen-bond acceptors (Lipinski definition) is 9. The lowest BCUT2D eigenvalue weighted by Gasteiger charge is -2.16. The Kier molecular flexibility index (Phi) is 6.10. The van der Waals surface area contributed by atoms with E-state index in [-0.39, 0.29) is 5.95 Å². The minimum atomic E-state index is -4.64. The molecule has 0 aromatic carbocycles. The number of nitrogens with two attached hydrogens (primary N) is 1. The number of phosphoric acid groups is 1. The van der Waals surface area contributed by atoms with Gasteiger partial charge < -0.3 is 40.5 Å². The highest BCUT2D eigenvalue weighted by Gasteiger charge is 2.43. The molecule has 1 aliphatic heterocycles. The van der Waals surface area contributed by atoms with Gasteiger partial charge in [-0.2, -0.15) is 4.98 Å². The van der Waals surface area contributed by atoms with E-state index in [4.69, 9.17) is 34.8 Å². The first kappa shape index (κ1) is 18.6. The van der Waals surface area contributed by atoms with Crippen LogP contribution < -0.4 is 11.4 Å². The Hall–Kier alpha value is -1.44. The maximum Gasteiger partial charge on any atom is 0.466 e. The smallest absolute Gasteiger partial charge is 0.394 e. The molecule has 0 unspecified atom stereocenters. The predicted molar refractivity (Wildman–Crippen MR) is 68.0 cm³/mol. The zero-order valence-corrected chi connectivity index (χ0v) is 11.8. The van der Waals surface area contributed by atoms with E-state index in [1.807, 2.05) is 0 Å². The van der Waals surface area contributed by atoms with Crippen molar-refractivity contribution in [1.82, 2.24) is 14.5 Å². The van der Waals surface area contributed by atoms with Gasteiger partial charge in [-0.1, -0.05) is 0 Å². The Morgan fingerprint density at radius 1 is 1.32 bits per heavy atom.